The Balaban J connectivity index is 2.33. The van der Waals surface area contributed by atoms with Gasteiger partial charge in [-0.3, -0.25) is 4.79 Å². The maximum Gasteiger partial charge on any atom is 0.305 e. The number of hydrogen-bond acceptors (Lipinski definition) is 3. The summed E-state index contributed by atoms with van der Waals surface area (Å²) >= 11 is 0. The van der Waals surface area contributed by atoms with E-state index in [1.807, 2.05) is 17.7 Å². The van der Waals surface area contributed by atoms with Gasteiger partial charge >= 0.3 is 5.97 Å². The Kier molecular flexibility index (Phi) is 2.96. The van der Waals surface area contributed by atoms with Crippen molar-refractivity contribution in [3.63, 3.8) is 0 Å². The summed E-state index contributed by atoms with van der Waals surface area (Å²) in [5.41, 5.74) is -0.356. The number of rotatable bonds is 3. The second-order valence-corrected chi connectivity index (χ2v) is 4.25. The predicted molar refractivity (Wildman–Crippen MR) is 57.2 cm³/mol. The Labute approximate surface area is 94.1 Å². The van der Waals surface area contributed by atoms with E-state index < -0.39 is 5.97 Å². The van der Waals surface area contributed by atoms with Crippen molar-refractivity contribution >= 4 is 5.97 Å². The van der Waals surface area contributed by atoms with Crippen LogP contribution in [0.5, 0.6) is 0 Å². The molecule has 2 rings (SSSR count). The molecule has 0 amide bonds. The first-order valence-electron chi connectivity index (χ1n) is 5.44. The fourth-order valence-corrected chi connectivity index (χ4v) is 2.41. The molecule has 0 aliphatic carbocycles. The van der Waals surface area contributed by atoms with Crippen LogP contribution in [-0.4, -0.2) is 33.8 Å². The lowest BCUT2D eigenvalue weighted by molar-refractivity contribution is -0.141. The van der Waals surface area contributed by atoms with Gasteiger partial charge in [-0.2, -0.15) is 0 Å². The number of ether oxygens (including phenoxy) is 1. The first-order valence-corrected chi connectivity index (χ1v) is 5.44. The van der Waals surface area contributed by atoms with Crippen molar-refractivity contribution in [3.8, 4) is 0 Å². The highest BCUT2D eigenvalue weighted by molar-refractivity contribution is 5.68. The molecule has 0 aromatic carbocycles. The number of carboxylic acid groups (broad SMARTS) is 1. The van der Waals surface area contributed by atoms with Gasteiger partial charge in [0.25, 0.3) is 0 Å². The van der Waals surface area contributed by atoms with Crippen LogP contribution in [0.3, 0.4) is 0 Å². The van der Waals surface area contributed by atoms with Crippen LogP contribution in [0.4, 0.5) is 0 Å². The summed E-state index contributed by atoms with van der Waals surface area (Å²) in [5, 5.41) is 9.05. The highest BCUT2D eigenvalue weighted by Gasteiger charge is 2.37. The number of carbonyl (C=O) groups is 1. The fraction of sp³-hybridized carbons (Fsp3) is 0.636. The van der Waals surface area contributed by atoms with Crippen molar-refractivity contribution in [2.45, 2.75) is 31.7 Å². The van der Waals surface area contributed by atoms with Crippen molar-refractivity contribution in [2.75, 3.05) is 13.2 Å². The average molecular weight is 224 g/mol. The summed E-state index contributed by atoms with van der Waals surface area (Å²) in [4.78, 5) is 15.2. The zero-order valence-corrected chi connectivity index (χ0v) is 9.35. The molecule has 5 heteroatoms. The minimum absolute atomic E-state index is 0.132. The molecule has 0 bridgehead atoms. The van der Waals surface area contributed by atoms with Crippen LogP contribution in [0.1, 0.15) is 25.1 Å². The standard InChI is InChI=1S/C11H16N2O3/c1-9-12-4-5-13(9)11(8-10(14)15)2-6-16-7-3-11/h4-5H,2-3,6-8H2,1H3,(H,14,15). The molecule has 1 aromatic heterocycles. The van der Waals surface area contributed by atoms with Gasteiger partial charge < -0.3 is 14.4 Å². The van der Waals surface area contributed by atoms with Gasteiger partial charge in [0.05, 0.1) is 12.0 Å². The number of nitrogens with zero attached hydrogens (tertiary/aromatic N) is 2. The largest absolute Gasteiger partial charge is 0.481 e. The van der Waals surface area contributed by atoms with E-state index in [2.05, 4.69) is 4.98 Å². The van der Waals surface area contributed by atoms with Crippen LogP contribution >= 0.6 is 0 Å². The number of imidazole rings is 1. The molecule has 1 saturated heterocycles. The molecule has 0 unspecified atom stereocenters. The summed E-state index contributed by atoms with van der Waals surface area (Å²) in [6, 6.07) is 0. The highest BCUT2D eigenvalue weighted by Crippen LogP contribution is 2.33. The van der Waals surface area contributed by atoms with E-state index in [9.17, 15) is 4.79 Å². The predicted octanol–water partition coefficient (Wildman–Crippen LogP) is 1.17. The number of aryl methyl sites for hydroxylation is 1. The van der Waals surface area contributed by atoms with Crippen molar-refractivity contribution in [2.24, 2.45) is 0 Å². The first kappa shape index (κ1) is 11.1. The fourth-order valence-electron chi connectivity index (χ4n) is 2.41. The second-order valence-electron chi connectivity index (χ2n) is 4.25. The average Bonchev–Trinajstić information content (AvgIpc) is 2.65. The van der Waals surface area contributed by atoms with Crippen LogP contribution in [-0.2, 0) is 15.1 Å². The Morgan fingerprint density at radius 3 is 2.81 bits per heavy atom. The minimum Gasteiger partial charge on any atom is -0.481 e. The van der Waals surface area contributed by atoms with E-state index in [4.69, 9.17) is 9.84 Å². The van der Waals surface area contributed by atoms with Crippen molar-refractivity contribution < 1.29 is 14.6 Å². The molecule has 1 aliphatic rings. The van der Waals surface area contributed by atoms with Crippen LogP contribution < -0.4 is 0 Å². The van der Waals surface area contributed by atoms with Gasteiger partial charge in [0, 0.05) is 25.6 Å². The van der Waals surface area contributed by atoms with E-state index in [-0.39, 0.29) is 12.0 Å². The zero-order chi connectivity index (χ0) is 11.6. The quantitative estimate of drug-likeness (QED) is 0.837. The molecule has 1 aromatic rings. The number of carboxylic acids is 1. The number of aliphatic carboxylic acids is 1. The van der Waals surface area contributed by atoms with Crippen LogP contribution in [0.15, 0.2) is 12.4 Å². The summed E-state index contributed by atoms with van der Waals surface area (Å²) in [5.74, 6) is 0.0955. The van der Waals surface area contributed by atoms with Crippen LogP contribution in [0.2, 0.25) is 0 Å². The molecule has 1 fully saturated rings. The topological polar surface area (TPSA) is 64.4 Å². The van der Waals surface area contributed by atoms with Gasteiger partial charge in [0.1, 0.15) is 5.82 Å². The summed E-state index contributed by atoms with van der Waals surface area (Å²) < 4.78 is 7.31. The smallest absolute Gasteiger partial charge is 0.305 e. The molecule has 1 aliphatic heterocycles. The van der Waals surface area contributed by atoms with E-state index in [0.29, 0.717) is 13.2 Å². The van der Waals surface area contributed by atoms with Crippen molar-refractivity contribution in [1.29, 1.82) is 0 Å². The molecule has 5 nitrogen and oxygen atoms in total. The Bertz CT molecular complexity index is 380. The summed E-state index contributed by atoms with van der Waals surface area (Å²) in [6.45, 7) is 3.13. The maximum atomic E-state index is 11.0. The zero-order valence-electron chi connectivity index (χ0n) is 9.35. The lowest BCUT2D eigenvalue weighted by Crippen LogP contribution is -2.41. The summed E-state index contributed by atoms with van der Waals surface area (Å²) in [7, 11) is 0. The normalized spacial score (nSPS) is 19.6. The van der Waals surface area contributed by atoms with E-state index in [1.54, 1.807) is 6.20 Å². The Morgan fingerprint density at radius 1 is 1.62 bits per heavy atom. The van der Waals surface area contributed by atoms with Gasteiger partial charge in [-0.1, -0.05) is 0 Å². The molecule has 1 N–H and O–H groups in total. The molecule has 16 heavy (non-hydrogen) atoms. The van der Waals surface area contributed by atoms with Gasteiger partial charge in [-0.05, 0) is 19.8 Å². The van der Waals surface area contributed by atoms with Gasteiger partial charge in [0.15, 0.2) is 0 Å². The molecular weight excluding hydrogens is 208 g/mol. The maximum absolute atomic E-state index is 11.0. The molecule has 88 valence electrons. The SMILES string of the molecule is Cc1nccn1C1(CC(=O)O)CCOCC1. The van der Waals surface area contributed by atoms with Crippen LogP contribution in [0, 0.1) is 6.92 Å². The third-order valence-corrected chi connectivity index (χ3v) is 3.24. The molecule has 0 atom stereocenters. The lowest BCUT2D eigenvalue weighted by Gasteiger charge is -2.38. The molecular formula is C11H16N2O3. The third-order valence-electron chi connectivity index (χ3n) is 3.24. The third kappa shape index (κ3) is 1.95. The van der Waals surface area contributed by atoms with E-state index in [1.165, 1.54) is 0 Å². The van der Waals surface area contributed by atoms with E-state index >= 15 is 0 Å². The van der Waals surface area contributed by atoms with E-state index in [0.717, 1.165) is 18.7 Å². The number of hydrogen-bond donors (Lipinski definition) is 1. The molecule has 0 saturated carbocycles. The second kappa shape index (κ2) is 4.25. The summed E-state index contributed by atoms with van der Waals surface area (Å²) in [6.07, 6.45) is 5.18. The van der Waals surface area contributed by atoms with Crippen molar-refractivity contribution in [3.05, 3.63) is 18.2 Å². The monoisotopic (exact) mass is 224 g/mol. The molecule has 2 heterocycles. The van der Waals surface area contributed by atoms with Gasteiger partial charge in [-0.15, -0.1) is 0 Å². The van der Waals surface area contributed by atoms with Crippen LogP contribution in [0.25, 0.3) is 0 Å². The van der Waals surface area contributed by atoms with Gasteiger partial charge in [0.2, 0.25) is 0 Å². The molecule has 0 radical (unpaired) electrons. The van der Waals surface area contributed by atoms with Crippen molar-refractivity contribution in [1.82, 2.24) is 9.55 Å². The number of aromatic nitrogens is 2. The lowest BCUT2D eigenvalue weighted by atomic mass is 9.86. The molecule has 0 spiro atoms. The van der Waals surface area contributed by atoms with Gasteiger partial charge in [-0.25, -0.2) is 4.98 Å². The Morgan fingerprint density at radius 2 is 2.31 bits per heavy atom. The Hall–Kier alpha value is -1.36. The first-order chi connectivity index (χ1) is 7.64. The minimum atomic E-state index is -0.769. The highest BCUT2D eigenvalue weighted by atomic mass is 16.5.